The molecule has 1 aliphatic carbocycles. The third-order valence-corrected chi connectivity index (χ3v) is 17.1. The van der Waals surface area contributed by atoms with Gasteiger partial charge in [-0.2, -0.15) is 4.98 Å². The van der Waals surface area contributed by atoms with Gasteiger partial charge in [0.15, 0.2) is 0 Å². The van der Waals surface area contributed by atoms with E-state index >= 15 is 0 Å². The van der Waals surface area contributed by atoms with Crippen LogP contribution in [0.15, 0.2) is 65.5 Å². The third kappa shape index (κ3) is 8.73. The van der Waals surface area contributed by atoms with E-state index in [1.165, 1.54) is 11.3 Å². The number of halogens is 1. The molecule has 6 aliphatic rings. The Morgan fingerprint density at radius 1 is 0.841 bits per heavy atom. The number of fused-ring (bicyclic) bond motifs is 2. The maximum absolute atomic E-state index is 13.6. The summed E-state index contributed by atoms with van der Waals surface area (Å²) in [7, 11) is -1.08. The van der Waals surface area contributed by atoms with Gasteiger partial charge >= 0.3 is 0 Å². The van der Waals surface area contributed by atoms with Crippen LogP contribution in [0.4, 0.5) is 34.5 Å². The maximum Gasteiger partial charge on any atom is 0.262 e. The minimum Gasteiger partial charge on any atom is -0.494 e. The molecule has 69 heavy (non-hydrogen) atoms. The van der Waals surface area contributed by atoms with E-state index < -0.39 is 30.9 Å². The number of hydrogen-bond donors (Lipinski definition) is 3. The lowest BCUT2D eigenvalue weighted by Crippen LogP contribution is -2.61. The van der Waals surface area contributed by atoms with Gasteiger partial charge < -0.3 is 34.6 Å². The van der Waals surface area contributed by atoms with Crippen LogP contribution in [0.5, 0.6) is 5.75 Å². The number of carbonyl (C=O) groups excluding carboxylic acids is 4. The number of ether oxygens (including phenoxy) is 1. The first-order valence-electron chi connectivity index (χ1n) is 23.9. The molecule has 0 bridgehead atoms. The van der Waals surface area contributed by atoms with Crippen molar-refractivity contribution in [3.63, 3.8) is 0 Å². The number of anilines is 6. The van der Waals surface area contributed by atoms with E-state index in [2.05, 4.69) is 73.7 Å². The number of benzene rings is 3. The molecular formula is C50H55BrN11O6P. The summed E-state index contributed by atoms with van der Waals surface area (Å²) in [5.41, 5.74) is 7.19. The van der Waals surface area contributed by atoms with Crippen LogP contribution < -0.4 is 35.8 Å². The summed E-state index contributed by atoms with van der Waals surface area (Å²) in [6, 6.07) is 12.6. The first kappa shape index (κ1) is 45.5. The fraction of sp³-hybridized carbons (Fsp3) is 0.440. The van der Waals surface area contributed by atoms with E-state index in [-0.39, 0.29) is 18.7 Å². The molecular weight excluding hydrogens is 961 g/mol. The predicted molar refractivity (Wildman–Crippen MR) is 268 cm³/mol. The number of rotatable bonds is 12. The van der Waals surface area contributed by atoms with Crippen LogP contribution in [0.3, 0.4) is 0 Å². The Hall–Kier alpha value is -5.97. The number of nitrogens with zero attached hydrogens (tertiary/aromatic N) is 8. The molecule has 4 amide bonds. The molecule has 3 N–H and O–H groups in total. The summed E-state index contributed by atoms with van der Waals surface area (Å²) in [6.45, 7) is 10.6. The summed E-state index contributed by atoms with van der Waals surface area (Å²) in [4.78, 5) is 77.8. The van der Waals surface area contributed by atoms with Crippen molar-refractivity contribution in [2.24, 2.45) is 11.3 Å². The number of hydrogen-bond acceptors (Lipinski definition) is 15. The van der Waals surface area contributed by atoms with Crippen LogP contribution in [0, 0.1) is 11.3 Å². The zero-order valence-corrected chi connectivity index (χ0v) is 41.4. The SMILES string of the molecule is COc1cc(N2CCC3(CC2)CN(CC2CCN(c4ccc5c(c4)C(=O)N(C4CCC(=O)NC4=O)C5=O)CC2)C3)c(C2CC2)cc1Nc1ncc(Br)c(Nc2ccc3nccnc3c2P(C)(C)=O)n1. The molecule has 3 aromatic carbocycles. The van der Waals surface area contributed by atoms with E-state index in [0.717, 1.165) is 106 Å². The summed E-state index contributed by atoms with van der Waals surface area (Å²) in [5, 5.41) is 9.73. The van der Waals surface area contributed by atoms with E-state index in [1.807, 2.05) is 18.2 Å². The summed E-state index contributed by atoms with van der Waals surface area (Å²) in [5.74, 6) is 0.785. The van der Waals surface area contributed by atoms with Crippen LogP contribution >= 0.6 is 23.1 Å². The molecule has 1 spiro atoms. The molecule has 5 aromatic rings. The van der Waals surface area contributed by atoms with Gasteiger partial charge in [-0.3, -0.25) is 39.4 Å². The number of imide groups is 2. The molecule has 2 aromatic heterocycles. The summed E-state index contributed by atoms with van der Waals surface area (Å²) < 4.78 is 20.3. The maximum atomic E-state index is 13.6. The molecule has 17 nitrogen and oxygen atoms in total. The lowest BCUT2D eigenvalue weighted by Gasteiger charge is -2.55. The van der Waals surface area contributed by atoms with Crippen molar-refractivity contribution in [2.75, 3.05) is 86.7 Å². The van der Waals surface area contributed by atoms with Crippen molar-refractivity contribution >= 4 is 97.6 Å². The first-order valence-corrected chi connectivity index (χ1v) is 27.3. The zero-order chi connectivity index (χ0) is 47.8. The lowest BCUT2D eigenvalue weighted by molar-refractivity contribution is -0.136. The fourth-order valence-corrected chi connectivity index (χ4v) is 12.9. The van der Waals surface area contributed by atoms with E-state index in [9.17, 15) is 23.7 Å². The standard InChI is InChI=1S/C50H55BrN11O6P/c1-68-41-24-40(33(30-4-5-30)23-38(41)56-49-54-25-35(51)45(58-49)55-37-9-8-36-43(53-17-16-52-36)44(37)69(2,3)67)61-20-14-50(15-21-61)27-59(28-50)26-29-12-18-60(19-13-29)31-6-7-32-34(22-31)48(66)62(47(32)65)39-10-11-42(63)57-46(39)64/h6-9,16-17,22-25,29-30,39H,4-5,10-15,18-21,26-28H2,1-3H3,(H,57,63,64)(H2,54,55,56,58). The highest BCUT2D eigenvalue weighted by atomic mass is 79.9. The summed E-state index contributed by atoms with van der Waals surface area (Å²) >= 11 is 3.62. The second-order valence-corrected chi connectivity index (χ2v) is 24.0. The summed E-state index contributed by atoms with van der Waals surface area (Å²) in [6.07, 6.45) is 11.9. The van der Waals surface area contributed by atoms with E-state index in [0.29, 0.717) is 66.6 Å². The predicted octanol–water partition coefficient (Wildman–Crippen LogP) is 7.02. The number of carbonyl (C=O) groups is 4. The average molecular weight is 1020 g/mol. The molecule has 7 heterocycles. The fourth-order valence-electron chi connectivity index (χ4n) is 11.2. The topological polar surface area (TPSA) is 195 Å². The lowest BCUT2D eigenvalue weighted by atomic mass is 9.71. The van der Waals surface area contributed by atoms with Gasteiger partial charge in [-0.15, -0.1) is 0 Å². The Kier molecular flexibility index (Phi) is 11.7. The third-order valence-electron chi connectivity index (χ3n) is 15.0. The first-order chi connectivity index (χ1) is 33.2. The highest BCUT2D eigenvalue weighted by Gasteiger charge is 2.47. The van der Waals surface area contributed by atoms with Crippen molar-refractivity contribution in [3.8, 4) is 5.75 Å². The Morgan fingerprint density at radius 3 is 2.32 bits per heavy atom. The molecule has 5 fully saturated rings. The molecule has 4 saturated heterocycles. The highest BCUT2D eigenvalue weighted by Crippen LogP contribution is 2.50. The molecule has 1 unspecified atom stereocenters. The minimum atomic E-state index is -2.78. The Bertz CT molecular complexity index is 2970. The van der Waals surface area contributed by atoms with Gasteiger partial charge in [-0.05, 0) is 133 Å². The average Bonchev–Trinajstić information content (AvgIpc) is 4.15. The quantitative estimate of drug-likeness (QED) is 0.0852. The Balaban J connectivity index is 0.698. The number of aromatic nitrogens is 4. The van der Waals surface area contributed by atoms with Crippen molar-refractivity contribution in [1.82, 2.24) is 35.1 Å². The number of methoxy groups -OCH3 is 1. The number of amides is 4. The van der Waals surface area contributed by atoms with Gasteiger partial charge in [0.05, 0.1) is 44.9 Å². The molecule has 5 aliphatic heterocycles. The molecule has 358 valence electrons. The molecule has 0 radical (unpaired) electrons. The molecule has 1 saturated carbocycles. The van der Waals surface area contributed by atoms with Gasteiger partial charge in [0, 0.05) is 88.3 Å². The second kappa shape index (κ2) is 17.8. The molecule has 19 heteroatoms. The Labute approximate surface area is 408 Å². The van der Waals surface area contributed by atoms with Crippen LogP contribution in [-0.2, 0) is 14.2 Å². The van der Waals surface area contributed by atoms with Crippen molar-refractivity contribution in [1.29, 1.82) is 0 Å². The van der Waals surface area contributed by atoms with Gasteiger partial charge in [-0.25, -0.2) is 4.98 Å². The zero-order valence-electron chi connectivity index (χ0n) is 39.0. The van der Waals surface area contributed by atoms with E-state index in [1.54, 1.807) is 51.2 Å². The van der Waals surface area contributed by atoms with Crippen molar-refractivity contribution in [2.45, 2.75) is 63.3 Å². The minimum absolute atomic E-state index is 0.0966. The van der Waals surface area contributed by atoms with Crippen LogP contribution in [0.1, 0.15) is 83.6 Å². The Morgan fingerprint density at radius 2 is 1.59 bits per heavy atom. The van der Waals surface area contributed by atoms with Gasteiger partial charge in [0.1, 0.15) is 30.3 Å². The van der Waals surface area contributed by atoms with Crippen LogP contribution in [-0.4, -0.2) is 126 Å². The number of likely N-dealkylation sites (tertiary alicyclic amines) is 1. The number of nitrogens with one attached hydrogen (secondary N) is 3. The normalized spacial score (nSPS) is 20.9. The van der Waals surface area contributed by atoms with Crippen LogP contribution in [0.25, 0.3) is 11.0 Å². The molecule has 1 atom stereocenters. The van der Waals surface area contributed by atoms with Crippen molar-refractivity contribution in [3.05, 3.63) is 82.2 Å². The van der Waals surface area contributed by atoms with Gasteiger partial charge in [-0.1, -0.05) is 0 Å². The second-order valence-electron chi connectivity index (χ2n) is 20.0. The van der Waals surface area contributed by atoms with Crippen LogP contribution in [0.2, 0.25) is 0 Å². The molecule has 11 rings (SSSR count). The van der Waals surface area contributed by atoms with Gasteiger partial charge in [0.25, 0.3) is 11.8 Å². The largest absolute Gasteiger partial charge is 0.494 e. The number of piperidine rings is 3. The van der Waals surface area contributed by atoms with E-state index in [4.69, 9.17) is 9.72 Å². The van der Waals surface area contributed by atoms with Crippen molar-refractivity contribution < 1.29 is 28.5 Å². The smallest absolute Gasteiger partial charge is 0.262 e. The van der Waals surface area contributed by atoms with Gasteiger partial charge in [0.2, 0.25) is 17.8 Å². The monoisotopic (exact) mass is 1020 g/mol. The highest BCUT2D eigenvalue weighted by molar-refractivity contribution is 9.10.